The van der Waals surface area contributed by atoms with E-state index in [0.29, 0.717) is 0 Å². The van der Waals surface area contributed by atoms with Crippen LogP contribution in [0, 0.1) is 0 Å². The molecule has 0 saturated heterocycles. The minimum Gasteiger partial charge on any atom is -0.375 e. The van der Waals surface area contributed by atoms with E-state index in [1.807, 2.05) is 27.7 Å². The summed E-state index contributed by atoms with van der Waals surface area (Å²) >= 11 is 0. The third kappa shape index (κ3) is 11.2. The molecule has 0 radical (unpaired) electrons. The quantitative estimate of drug-likeness (QED) is 0.530. The van der Waals surface area contributed by atoms with Crippen molar-refractivity contribution in [3.8, 4) is 0 Å². The van der Waals surface area contributed by atoms with Crippen LogP contribution in [0.1, 0.15) is 27.7 Å². The summed E-state index contributed by atoms with van der Waals surface area (Å²) in [5.74, 6) is 0. The zero-order valence-electron chi connectivity index (χ0n) is 6.94. The normalized spacial score (nSPS) is 12.0. The molecule has 0 aromatic rings. The van der Waals surface area contributed by atoms with E-state index < -0.39 is 0 Å². The lowest BCUT2D eigenvalue weighted by atomic mass is 10.7. The first-order chi connectivity index (χ1) is 4.50. The van der Waals surface area contributed by atoms with Gasteiger partial charge in [0, 0.05) is 6.54 Å². The zero-order chi connectivity index (χ0) is 7.54. The molecule has 0 aromatic heterocycles. The van der Waals surface area contributed by atoms with Gasteiger partial charge in [0.25, 0.3) is 0 Å². The molecular formula is C7H18N2. The Kier molecular flexibility index (Phi) is 19.6. The van der Waals surface area contributed by atoms with E-state index in [1.54, 1.807) is 6.34 Å². The fraction of sp³-hybridized carbons (Fsp3) is 0.857. The van der Waals surface area contributed by atoms with E-state index in [9.17, 15) is 0 Å². The summed E-state index contributed by atoms with van der Waals surface area (Å²) < 4.78 is 0. The number of nitrogens with zero attached hydrogens (tertiary/aromatic N) is 1. The molecule has 0 unspecified atom stereocenters. The molecule has 1 heterocycles. The van der Waals surface area contributed by atoms with Gasteiger partial charge in [-0.3, -0.25) is 4.99 Å². The molecule has 1 aliphatic heterocycles. The summed E-state index contributed by atoms with van der Waals surface area (Å²) in [6.45, 7) is 9.99. The molecule has 1 rings (SSSR count). The minimum absolute atomic E-state index is 0.958. The fourth-order valence-electron chi connectivity index (χ4n) is 0.323. The first-order valence-corrected chi connectivity index (χ1v) is 3.72. The first-order valence-electron chi connectivity index (χ1n) is 3.72. The van der Waals surface area contributed by atoms with E-state index in [-0.39, 0.29) is 0 Å². The molecule has 1 aliphatic rings. The largest absolute Gasteiger partial charge is 0.375 e. The van der Waals surface area contributed by atoms with Crippen LogP contribution in [-0.2, 0) is 0 Å². The van der Waals surface area contributed by atoms with Crippen molar-refractivity contribution >= 4 is 6.34 Å². The molecule has 0 fully saturated rings. The van der Waals surface area contributed by atoms with Crippen LogP contribution in [0.2, 0.25) is 0 Å². The number of rotatable bonds is 0. The molecule has 56 valence electrons. The van der Waals surface area contributed by atoms with Crippen LogP contribution in [0.5, 0.6) is 0 Å². The first kappa shape index (κ1) is 11.3. The molecule has 0 saturated carbocycles. The van der Waals surface area contributed by atoms with Crippen LogP contribution in [-0.4, -0.2) is 19.4 Å². The average molecular weight is 130 g/mol. The number of hydrogen-bond donors (Lipinski definition) is 1. The van der Waals surface area contributed by atoms with E-state index in [0.717, 1.165) is 13.1 Å². The SMILES string of the molecule is C1=NCCN1.CC.CC. The summed E-state index contributed by atoms with van der Waals surface area (Å²) in [4.78, 5) is 3.85. The molecule has 0 aromatic carbocycles. The fourth-order valence-corrected chi connectivity index (χ4v) is 0.323. The standard InChI is InChI=1S/C3H6N2.2C2H6/c1-2-5-3-4-1;2*1-2/h3H,1-2H2,(H,4,5);2*1-2H3. The molecule has 0 atom stereocenters. The highest BCUT2D eigenvalue weighted by Gasteiger charge is 1.82. The van der Waals surface area contributed by atoms with Crippen LogP contribution in [0.15, 0.2) is 4.99 Å². The van der Waals surface area contributed by atoms with Crippen molar-refractivity contribution < 1.29 is 0 Å². The van der Waals surface area contributed by atoms with Gasteiger partial charge in [-0.2, -0.15) is 0 Å². The van der Waals surface area contributed by atoms with Gasteiger partial charge in [0.2, 0.25) is 0 Å². The summed E-state index contributed by atoms with van der Waals surface area (Å²) in [5.41, 5.74) is 0. The molecule has 9 heavy (non-hydrogen) atoms. The highest BCUT2D eigenvalue weighted by Crippen LogP contribution is 1.68. The molecule has 0 aliphatic carbocycles. The Balaban J connectivity index is 0. The average Bonchev–Trinajstić information content (AvgIpc) is 2.51. The summed E-state index contributed by atoms with van der Waals surface area (Å²) in [6, 6.07) is 0. The van der Waals surface area contributed by atoms with E-state index >= 15 is 0 Å². The summed E-state index contributed by atoms with van der Waals surface area (Å²) in [6.07, 6.45) is 1.74. The molecule has 0 spiro atoms. The van der Waals surface area contributed by atoms with Gasteiger partial charge in [-0.05, 0) is 0 Å². The van der Waals surface area contributed by atoms with Crippen molar-refractivity contribution in [2.75, 3.05) is 13.1 Å². The Hall–Kier alpha value is -0.530. The summed E-state index contributed by atoms with van der Waals surface area (Å²) in [5, 5.41) is 2.93. The van der Waals surface area contributed by atoms with Gasteiger partial charge in [-0.15, -0.1) is 0 Å². The Labute approximate surface area is 58.4 Å². The maximum atomic E-state index is 3.85. The number of hydrogen-bond acceptors (Lipinski definition) is 2. The maximum Gasteiger partial charge on any atom is 0.0825 e. The molecule has 0 amide bonds. The van der Waals surface area contributed by atoms with Crippen LogP contribution in [0.3, 0.4) is 0 Å². The van der Waals surface area contributed by atoms with Crippen LogP contribution in [0.4, 0.5) is 0 Å². The molecular weight excluding hydrogens is 112 g/mol. The number of aliphatic imine (C=N–C) groups is 1. The van der Waals surface area contributed by atoms with E-state index in [2.05, 4.69) is 10.3 Å². The van der Waals surface area contributed by atoms with Gasteiger partial charge >= 0.3 is 0 Å². The molecule has 1 N–H and O–H groups in total. The lowest BCUT2D eigenvalue weighted by molar-refractivity contribution is 0.965. The monoisotopic (exact) mass is 130 g/mol. The minimum atomic E-state index is 0.958. The lowest BCUT2D eigenvalue weighted by Crippen LogP contribution is -2.04. The Morgan fingerprint density at radius 1 is 1.22 bits per heavy atom. The van der Waals surface area contributed by atoms with Gasteiger partial charge in [0.15, 0.2) is 0 Å². The van der Waals surface area contributed by atoms with Crippen LogP contribution < -0.4 is 5.32 Å². The van der Waals surface area contributed by atoms with E-state index in [1.165, 1.54) is 0 Å². The zero-order valence-corrected chi connectivity index (χ0v) is 6.94. The number of nitrogens with one attached hydrogen (secondary N) is 1. The van der Waals surface area contributed by atoms with Gasteiger partial charge in [0.05, 0.1) is 12.9 Å². The highest BCUT2D eigenvalue weighted by atomic mass is 15.0. The topological polar surface area (TPSA) is 24.4 Å². The predicted octanol–water partition coefficient (Wildman–Crippen LogP) is 1.67. The molecule has 2 heteroatoms. The predicted molar refractivity (Wildman–Crippen MR) is 44.1 cm³/mol. The second-order valence-corrected chi connectivity index (χ2v) is 0.989. The van der Waals surface area contributed by atoms with Crippen molar-refractivity contribution in [1.29, 1.82) is 0 Å². The second-order valence-electron chi connectivity index (χ2n) is 0.989. The third-order valence-corrected chi connectivity index (χ3v) is 0.568. The van der Waals surface area contributed by atoms with E-state index in [4.69, 9.17) is 0 Å². The van der Waals surface area contributed by atoms with Crippen LogP contribution in [0.25, 0.3) is 0 Å². The van der Waals surface area contributed by atoms with Gasteiger partial charge in [-0.25, -0.2) is 0 Å². The van der Waals surface area contributed by atoms with Gasteiger partial charge < -0.3 is 5.32 Å². The second kappa shape index (κ2) is 15.6. The Morgan fingerprint density at radius 2 is 1.78 bits per heavy atom. The lowest BCUT2D eigenvalue weighted by Gasteiger charge is -1.75. The van der Waals surface area contributed by atoms with Gasteiger partial charge in [-0.1, -0.05) is 27.7 Å². The molecule has 2 nitrogen and oxygen atoms in total. The molecule has 0 bridgehead atoms. The van der Waals surface area contributed by atoms with Crippen LogP contribution >= 0.6 is 0 Å². The Bertz CT molecular complexity index is 44.9. The van der Waals surface area contributed by atoms with Crippen molar-refractivity contribution in [2.45, 2.75) is 27.7 Å². The highest BCUT2D eigenvalue weighted by molar-refractivity contribution is 5.56. The van der Waals surface area contributed by atoms with Crippen molar-refractivity contribution in [1.82, 2.24) is 5.32 Å². The maximum absolute atomic E-state index is 3.85. The summed E-state index contributed by atoms with van der Waals surface area (Å²) in [7, 11) is 0. The smallest absolute Gasteiger partial charge is 0.0825 e. The Morgan fingerprint density at radius 3 is 1.89 bits per heavy atom. The van der Waals surface area contributed by atoms with Gasteiger partial charge in [0.1, 0.15) is 0 Å². The van der Waals surface area contributed by atoms with Crippen molar-refractivity contribution in [3.63, 3.8) is 0 Å². The van der Waals surface area contributed by atoms with Crippen molar-refractivity contribution in [2.24, 2.45) is 4.99 Å². The van der Waals surface area contributed by atoms with Crippen molar-refractivity contribution in [3.05, 3.63) is 0 Å². The third-order valence-electron chi connectivity index (χ3n) is 0.568.